The van der Waals surface area contributed by atoms with Crippen LogP contribution in [0.4, 0.5) is 5.82 Å². The van der Waals surface area contributed by atoms with Crippen molar-refractivity contribution in [3.8, 4) is 0 Å². The number of fused-ring (bicyclic) bond motifs is 1. The Morgan fingerprint density at radius 1 is 1.22 bits per heavy atom. The van der Waals surface area contributed by atoms with Crippen LogP contribution in [0.3, 0.4) is 0 Å². The number of hydrogen-bond donors (Lipinski definition) is 2. The molecule has 0 aliphatic heterocycles. The minimum absolute atomic E-state index is 0.0686. The number of nitrogens with zero attached hydrogens (tertiary/aromatic N) is 4. The summed E-state index contributed by atoms with van der Waals surface area (Å²) in [7, 11) is 0. The van der Waals surface area contributed by atoms with Crippen LogP contribution < -0.4 is 5.32 Å². The minimum atomic E-state index is 0.0686. The van der Waals surface area contributed by atoms with Gasteiger partial charge < -0.3 is 15.0 Å². The standard InChI is InChI=1S/C12H19N5O/c1-4-6-17-9(3)16-10-11(13-5-7-18)14-8(2)15-12(10)17/h18H,4-7H2,1-3H3,(H,13,14,15). The van der Waals surface area contributed by atoms with Gasteiger partial charge in [0.05, 0.1) is 6.61 Å². The van der Waals surface area contributed by atoms with E-state index in [0.29, 0.717) is 18.2 Å². The molecule has 0 fully saturated rings. The zero-order valence-corrected chi connectivity index (χ0v) is 11.1. The molecule has 0 spiro atoms. The largest absolute Gasteiger partial charge is 0.395 e. The second-order valence-electron chi connectivity index (χ2n) is 4.25. The van der Waals surface area contributed by atoms with Crippen LogP contribution in [0.1, 0.15) is 25.0 Å². The molecule has 2 heterocycles. The Morgan fingerprint density at radius 2 is 2.00 bits per heavy atom. The molecule has 0 saturated heterocycles. The number of hydrogen-bond acceptors (Lipinski definition) is 5. The highest BCUT2D eigenvalue weighted by molar-refractivity contribution is 5.83. The zero-order chi connectivity index (χ0) is 13.1. The van der Waals surface area contributed by atoms with E-state index in [0.717, 1.165) is 30.0 Å². The van der Waals surface area contributed by atoms with Gasteiger partial charge in [0, 0.05) is 13.1 Å². The van der Waals surface area contributed by atoms with E-state index in [2.05, 4.69) is 31.8 Å². The molecule has 6 nitrogen and oxygen atoms in total. The van der Waals surface area contributed by atoms with Gasteiger partial charge in [0.25, 0.3) is 0 Å². The molecule has 0 bridgehead atoms. The molecule has 0 radical (unpaired) electrons. The first-order chi connectivity index (χ1) is 8.67. The Morgan fingerprint density at radius 3 is 2.67 bits per heavy atom. The highest BCUT2D eigenvalue weighted by Gasteiger charge is 2.13. The van der Waals surface area contributed by atoms with Crippen LogP contribution in [0.2, 0.25) is 0 Å². The monoisotopic (exact) mass is 249 g/mol. The van der Waals surface area contributed by atoms with Crippen LogP contribution >= 0.6 is 0 Å². The lowest BCUT2D eigenvalue weighted by Crippen LogP contribution is -2.09. The molecular weight excluding hydrogens is 230 g/mol. The molecule has 0 aliphatic rings. The lowest BCUT2D eigenvalue weighted by molar-refractivity contribution is 0.311. The summed E-state index contributed by atoms with van der Waals surface area (Å²) >= 11 is 0. The number of rotatable bonds is 5. The molecular formula is C12H19N5O. The van der Waals surface area contributed by atoms with E-state index in [1.807, 2.05) is 13.8 Å². The molecule has 0 unspecified atom stereocenters. The first-order valence-electron chi connectivity index (χ1n) is 6.23. The van der Waals surface area contributed by atoms with Gasteiger partial charge in [-0.1, -0.05) is 6.92 Å². The third-order valence-corrected chi connectivity index (χ3v) is 2.75. The van der Waals surface area contributed by atoms with Gasteiger partial charge in [-0.25, -0.2) is 15.0 Å². The van der Waals surface area contributed by atoms with Crippen molar-refractivity contribution in [3.63, 3.8) is 0 Å². The third-order valence-electron chi connectivity index (χ3n) is 2.75. The summed E-state index contributed by atoms with van der Waals surface area (Å²) in [6, 6.07) is 0. The average Bonchev–Trinajstić information content (AvgIpc) is 2.64. The topological polar surface area (TPSA) is 75.9 Å². The van der Waals surface area contributed by atoms with E-state index in [9.17, 15) is 0 Å². The summed E-state index contributed by atoms with van der Waals surface area (Å²) < 4.78 is 2.11. The zero-order valence-electron chi connectivity index (χ0n) is 11.1. The highest BCUT2D eigenvalue weighted by Crippen LogP contribution is 2.21. The Bertz CT molecular complexity index is 549. The van der Waals surface area contributed by atoms with Crippen molar-refractivity contribution in [2.75, 3.05) is 18.5 Å². The summed E-state index contributed by atoms with van der Waals surface area (Å²) in [5.41, 5.74) is 1.64. The van der Waals surface area contributed by atoms with E-state index in [1.54, 1.807) is 0 Å². The third kappa shape index (κ3) is 2.28. The molecule has 2 aromatic heterocycles. The normalized spacial score (nSPS) is 11.1. The highest BCUT2D eigenvalue weighted by atomic mass is 16.3. The lowest BCUT2D eigenvalue weighted by Gasteiger charge is -2.06. The van der Waals surface area contributed by atoms with Gasteiger partial charge in [0.1, 0.15) is 11.6 Å². The number of aromatic nitrogens is 4. The van der Waals surface area contributed by atoms with Crippen molar-refractivity contribution in [3.05, 3.63) is 11.6 Å². The molecule has 18 heavy (non-hydrogen) atoms. The Hall–Kier alpha value is -1.69. The van der Waals surface area contributed by atoms with Crippen LogP contribution in [0.25, 0.3) is 11.2 Å². The minimum Gasteiger partial charge on any atom is -0.395 e. The lowest BCUT2D eigenvalue weighted by atomic mass is 10.4. The molecule has 6 heteroatoms. The molecule has 0 aliphatic carbocycles. The number of aliphatic hydroxyl groups is 1. The molecule has 2 aromatic rings. The van der Waals surface area contributed by atoms with Crippen molar-refractivity contribution in [2.24, 2.45) is 0 Å². The van der Waals surface area contributed by atoms with Gasteiger partial charge in [0.15, 0.2) is 17.0 Å². The van der Waals surface area contributed by atoms with E-state index in [1.165, 1.54) is 0 Å². The Labute approximate surface area is 106 Å². The fraction of sp³-hybridized carbons (Fsp3) is 0.583. The number of imidazole rings is 1. The summed E-state index contributed by atoms with van der Waals surface area (Å²) in [4.78, 5) is 13.3. The van der Waals surface area contributed by atoms with Crippen LogP contribution in [0.15, 0.2) is 0 Å². The predicted octanol–water partition coefficient (Wildman–Crippen LogP) is 1.26. The SMILES string of the molecule is CCCn1c(C)nc2c(NCCO)nc(C)nc21. The molecule has 0 atom stereocenters. The van der Waals surface area contributed by atoms with Crippen molar-refractivity contribution in [1.29, 1.82) is 0 Å². The molecule has 0 amide bonds. The van der Waals surface area contributed by atoms with E-state index < -0.39 is 0 Å². The second kappa shape index (κ2) is 5.30. The summed E-state index contributed by atoms with van der Waals surface area (Å²) in [5.74, 6) is 2.35. The van der Waals surface area contributed by atoms with Gasteiger partial charge in [-0.15, -0.1) is 0 Å². The smallest absolute Gasteiger partial charge is 0.165 e. The molecule has 2 N–H and O–H groups in total. The fourth-order valence-corrected chi connectivity index (χ4v) is 2.01. The Balaban J connectivity index is 2.55. The summed E-state index contributed by atoms with van der Waals surface area (Å²) in [6.07, 6.45) is 1.04. The van der Waals surface area contributed by atoms with Gasteiger partial charge in [-0.2, -0.15) is 0 Å². The molecule has 2 rings (SSSR count). The number of aliphatic hydroxyl groups excluding tert-OH is 1. The van der Waals surface area contributed by atoms with E-state index >= 15 is 0 Å². The number of aryl methyl sites for hydroxylation is 3. The number of anilines is 1. The van der Waals surface area contributed by atoms with E-state index in [-0.39, 0.29) is 6.61 Å². The maximum absolute atomic E-state index is 8.88. The Kier molecular flexibility index (Phi) is 3.76. The second-order valence-corrected chi connectivity index (χ2v) is 4.25. The summed E-state index contributed by atoms with van der Waals surface area (Å²) in [6.45, 7) is 7.40. The van der Waals surface area contributed by atoms with Gasteiger partial charge in [0.2, 0.25) is 0 Å². The maximum atomic E-state index is 8.88. The van der Waals surface area contributed by atoms with Crippen LogP contribution in [-0.4, -0.2) is 37.8 Å². The fourth-order valence-electron chi connectivity index (χ4n) is 2.01. The first kappa shape index (κ1) is 12.8. The van der Waals surface area contributed by atoms with Gasteiger partial charge in [-0.05, 0) is 20.3 Å². The van der Waals surface area contributed by atoms with Crippen molar-refractivity contribution in [1.82, 2.24) is 19.5 Å². The molecule has 98 valence electrons. The van der Waals surface area contributed by atoms with Crippen LogP contribution in [0.5, 0.6) is 0 Å². The van der Waals surface area contributed by atoms with E-state index in [4.69, 9.17) is 5.11 Å². The van der Waals surface area contributed by atoms with Crippen molar-refractivity contribution in [2.45, 2.75) is 33.7 Å². The quantitative estimate of drug-likeness (QED) is 0.834. The van der Waals surface area contributed by atoms with Gasteiger partial charge >= 0.3 is 0 Å². The summed E-state index contributed by atoms with van der Waals surface area (Å²) in [5, 5.41) is 12.0. The van der Waals surface area contributed by atoms with Crippen LogP contribution in [-0.2, 0) is 6.54 Å². The average molecular weight is 249 g/mol. The first-order valence-corrected chi connectivity index (χ1v) is 6.23. The van der Waals surface area contributed by atoms with Gasteiger partial charge in [-0.3, -0.25) is 0 Å². The molecule has 0 aromatic carbocycles. The van der Waals surface area contributed by atoms with Crippen molar-refractivity contribution < 1.29 is 5.11 Å². The predicted molar refractivity (Wildman–Crippen MR) is 70.7 cm³/mol. The van der Waals surface area contributed by atoms with Crippen LogP contribution in [0, 0.1) is 13.8 Å². The molecule has 0 saturated carbocycles. The maximum Gasteiger partial charge on any atom is 0.165 e. The number of nitrogens with one attached hydrogen (secondary N) is 1. The van der Waals surface area contributed by atoms with Crippen molar-refractivity contribution >= 4 is 17.0 Å².